The minimum atomic E-state index is -0.359. The number of nitro groups is 1. The third-order valence-corrected chi connectivity index (χ3v) is 6.30. The Morgan fingerprint density at radius 3 is 2.26 bits per heavy atom. The second kappa shape index (κ2) is 9.98. The number of non-ortho nitro benzene ring substituents is 1. The van der Waals surface area contributed by atoms with Crippen molar-refractivity contribution in [3.63, 3.8) is 0 Å². The molecule has 0 aliphatic carbocycles. The number of piperidine rings is 1. The van der Waals surface area contributed by atoms with Gasteiger partial charge in [-0.2, -0.15) is 0 Å². The van der Waals surface area contributed by atoms with Crippen LogP contribution in [0.3, 0.4) is 0 Å². The molecule has 8 nitrogen and oxygen atoms in total. The van der Waals surface area contributed by atoms with Gasteiger partial charge in [0.05, 0.1) is 4.92 Å². The lowest BCUT2D eigenvalue weighted by Gasteiger charge is -2.38. The van der Waals surface area contributed by atoms with Gasteiger partial charge in [-0.1, -0.05) is 12.1 Å². The highest BCUT2D eigenvalue weighted by Crippen LogP contribution is 2.22. The molecule has 8 heteroatoms. The van der Waals surface area contributed by atoms with Gasteiger partial charge in [-0.15, -0.1) is 0 Å². The van der Waals surface area contributed by atoms with Crippen molar-refractivity contribution in [2.75, 3.05) is 39.3 Å². The van der Waals surface area contributed by atoms with Gasteiger partial charge in [0.15, 0.2) is 0 Å². The predicted octanol–water partition coefficient (Wildman–Crippen LogP) is 2.55. The average molecular weight is 424 g/mol. The zero-order chi connectivity index (χ0) is 21.6. The number of aromatic nitrogens is 1. The van der Waals surface area contributed by atoms with Crippen molar-refractivity contribution < 1.29 is 9.72 Å². The monoisotopic (exact) mass is 423 g/mol. The molecule has 0 radical (unpaired) electrons. The molecule has 1 aromatic carbocycles. The molecule has 0 atom stereocenters. The zero-order valence-electron chi connectivity index (χ0n) is 17.7. The lowest BCUT2D eigenvalue weighted by molar-refractivity contribution is -0.384. The fourth-order valence-corrected chi connectivity index (χ4v) is 4.50. The normalized spacial score (nSPS) is 18.8. The van der Waals surface area contributed by atoms with E-state index in [1.54, 1.807) is 12.1 Å². The molecule has 0 saturated carbocycles. The van der Waals surface area contributed by atoms with Crippen molar-refractivity contribution in [2.24, 2.45) is 5.92 Å². The maximum atomic E-state index is 13.0. The van der Waals surface area contributed by atoms with E-state index in [1.165, 1.54) is 11.6 Å². The summed E-state index contributed by atoms with van der Waals surface area (Å²) in [5.41, 5.74) is 2.33. The molecule has 0 unspecified atom stereocenters. The van der Waals surface area contributed by atoms with Crippen LogP contribution in [-0.4, -0.2) is 69.8 Å². The molecule has 2 aliphatic heterocycles. The highest BCUT2D eigenvalue weighted by Gasteiger charge is 2.30. The summed E-state index contributed by atoms with van der Waals surface area (Å²) in [7, 11) is 0. The SMILES string of the molecule is O=C(C1CCN(Cc2ccncc2)CC1)N1CCN(Cc2cccc([N+](=O)[O-])c2)CC1. The first kappa shape index (κ1) is 21.4. The number of carbonyl (C=O) groups excluding carboxylic acids is 1. The molecule has 2 saturated heterocycles. The van der Waals surface area contributed by atoms with E-state index in [4.69, 9.17) is 0 Å². The molecule has 164 valence electrons. The van der Waals surface area contributed by atoms with Crippen LogP contribution in [0.15, 0.2) is 48.8 Å². The van der Waals surface area contributed by atoms with Gasteiger partial charge in [-0.3, -0.25) is 29.7 Å². The van der Waals surface area contributed by atoms with Gasteiger partial charge in [-0.05, 0) is 49.2 Å². The molecular weight excluding hydrogens is 394 g/mol. The number of likely N-dealkylation sites (tertiary alicyclic amines) is 1. The molecule has 4 rings (SSSR count). The molecule has 0 bridgehead atoms. The number of rotatable bonds is 6. The number of nitrogens with zero attached hydrogens (tertiary/aromatic N) is 5. The Hall–Kier alpha value is -2.84. The largest absolute Gasteiger partial charge is 0.340 e. The van der Waals surface area contributed by atoms with Gasteiger partial charge in [0.1, 0.15) is 0 Å². The van der Waals surface area contributed by atoms with Gasteiger partial charge in [-0.25, -0.2) is 0 Å². The summed E-state index contributed by atoms with van der Waals surface area (Å²) >= 11 is 0. The first-order valence-corrected chi connectivity index (χ1v) is 10.9. The fourth-order valence-electron chi connectivity index (χ4n) is 4.50. The molecule has 3 heterocycles. The lowest BCUT2D eigenvalue weighted by atomic mass is 9.94. The molecule has 0 spiro atoms. The Balaban J connectivity index is 1.22. The van der Waals surface area contributed by atoms with Crippen molar-refractivity contribution in [3.05, 3.63) is 70.0 Å². The molecule has 2 aromatic rings. The number of pyridine rings is 1. The van der Waals surface area contributed by atoms with Gasteiger partial charge >= 0.3 is 0 Å². The Labute approximate surface area is 182 Å². The minimum absolute atomic E-state index is 0.122. The molecule has 0 N–H and O–H groups in total. The number of amides is 1. The summed E-state index contributed by atoms with van der Waals surface area (Å²) < 4.78 is 0. The van der Waals surface area contributed by atoms with Crippen LogP contribution in [0, 0.1) is 16.0 Å². The van der Waals surface area contributed by atoms with E-state index in [-0.39, 0.29) is 16.5 Å². The van der Waals surface area contributed by atoms with E-state index in [9.17, 15) is 14.9 Å². The van der Waals surface area contributed by atoms with Crippen molar-refractivity contribution in [1.82, 2.24) is 19.7 Å². The number of nitro benzene ring substituents is 1. The van der Waals surface area contributed by atoms with Gasteiger partial charge in [0.2, 0.25) is 5.91 Å². The number of benzene rings is 1. The van der Waals surface area contributed by atoms with Gasteiger partial charge < -0.3 is 4.90 Å². The summed E-state index contributed by atoms with van der Waals surface area (Å²) in [6.07, 6.45) is 5.48. The second-order valence-electron chi connectivity index (χ2n) is 8.43. The van der Waals surface area contributed by atoms with Crippen LogP contribution in [0.2, 0.25) is 0 Å². The summed E-state index contributed by atoms with van der Waals surface area (Å²) in [6, 6.07) is 10.9. The first-order valence-electron chi connectivity index (χ1n) is 10.9. The van der Waals surface area contributed by atoms with Crippen LogP contribution in [0.25, 0.3) is 0 Å². The van der Waals surface area contributed by atoms with E-state index < -0.39 is 0 Å². The minimum Gasteiger partial charge on any atom is -0.340 e. The van der Waals surface area contributed by atoms with E-state index in [2.05, 4.69) is 14.8 Å². The zero-order valence-corrected chi connectivity index (χ0v) is 17.7. The molecular formula is C23H29N5O3. The Kier molecular flexibility index (Phi) is 6.89. The lowest BCUT2D eigenvalue weighted by Crippen LogP contribution is -2.51. The summed E-state index contributed by atoms with van der Waals surface area (Å²) in [5, 5.41) is 11.0. The maximum absolute atomic E-state index is 13.0. The van der Waals surface area contributed by atoms with Crippen LogP contribution >= 0.6 is 0 Å². The van der Waals surface area contributed by atoms with Crippen LogP contribution in [0.5, 0.6) is 0 Å². The standard InChI is InChI=1S/C23H29N5O3/c29-23(21-6-10-25(11-7-21)17-19-4-8-24-9-5-19)27-14-12-26(13-15-27)18-20-2-1-3-22(16-20)28(30)31/h1-5,8-9,16,21H,6-7,10-15,17-18H2. The average Bonchev–Trinajstić information content (AvgIpc) is 2.80. The fraction of sp³-hybridized carbons (Fsp3) is 0.478. The Morgan fingerprint density at radius 2 is 1.58 bits per heavy atom. The van der Waals surface area contributed by atoms with Gasteiger partial charge in [0.25, 0.3) is 5.69 Å². The molecule has 1 amide bonds. The smallest absolute Gasteiger partial charge is 0.269 e. The topological polar surface area (TPSA) is 82.8 Å². The number of hydrogen-bond donors (Lipinski definition) is 0. The summed E-state index contributed by atoms with van der Waals surface area (Å²) in [5.74, 6) is 0.413. The quantitative estimate of drug-likeness (QED) is 0.525. The Morgan fingerprint density at radius 1 is 0.935 bits per heavy atom. The van der Waals surface area contributed by atoms with Crippen molar-refractivity contribution in [1.29, 1.82) is 0 Å². The van der Waals surface area contributed by atoms with Crippen molar-refractivity contribution in [3.8, 4) is 0 Å². The predicted molar refractivity (Wildman–Crippen MR) is 117 cm³/mol. The van der Waals surface area contributed by atoms with Gasteiger partial charge in [0, 0.05) is 69.7 Å². The van der Waals surface area contributed by atoms with Crippen LogP contribution in [-0.2, 0) is 17.9 Å². The second-order valence-corrected chi connectivity index (χ2v) is 8.43. The molecule has 2 fully saturated rings. The van der Waals surface area contributed by atoms with E-state index >= 15 is 0 Å². The van der Waals surface area contributed by atoms with E-state index in [0.29, 0.717) is 12.5 Å². The van der Waals surface area contributed by atoms with Crippen LogP contribution in [0.4, 0.5) is 5.69 Å². The Bertz CT molecular complexity index is 891. The van der Waals surface area contributed by atoms with E-state index in [1.807, 2.05) is 35.5 Å². The number of carbonyl (C=O) groups is 1. The first-order chi connectivity index (χ1) is 15.1. The summed E-state index contributed by atoms with van der Waals surface area (Å²) in [6.45, 7) is 6.55. The highest BCUT2D eigenvalue weighted by molar-refractivity contribution is 5.79. The molecule has 31 heavy (non-hydrogen) atoms. The van der Waals surface area contributed by atoms with Crippen LogP contribution < -0.4 is 0 Å². The van der Waals surface area contributed by atoms with Crippen molar-refractivity contribution >= 4 is 11.6 Å². The highest BCUT2D eigenvalue weighted by atomic mass is 16.6. The maximum Gasteiger partial charge on any atom is 0.269 e. The number of hydrogen-bond acceptors (Lipinski definition) is 6. The molecule has 2 aliphatic rings. The molecule has 1 aromatic heterocycles. The third-order valence-electron chi connectivity index (χ3n) is 6.30. The number of piperazine rings is 1. The third kappa shape index (κ3) is 5.65. The van der Waals surface area contributed by atoms with Crippen molar-refractivity contribution in [2.45, 2.75) is 25.9 Å². The summed E-state index contributed by atoms with van der Waals surface area (Å²) in [4.78, 5) is 34.4. The van der Waals surface area contributed by atoms with E-state index in [0.717, 1.165) is 64.2 Å². The van der Waals surface area contributed by atoms with Crippen LogP contribution in [0.1, 0.15) is 24.0 Å².